The van der Waals surface area contributed by atoms with Crippen LogP contribution in [0.25, 0.3) is 10.8 Å². The van der Waals surface area contributed by atoms with E-state index in [1.807, 2.05) is 18.4 Å². The highest BCUT2D eigenvalue weighted by Gasteiger charge is 2.15. The van der Waals surface area contributed by atoms with Crippen LogP contribution in [0.5, 0.6) is 0 Å². The average molecular weight is 267 g/mol. The Labute approximate surface area is 117 Å². The van der Waals surface area contributed by atoms with Crippen LogP contribution in [-0.2, 0) is 0 Å². The van der Waals surface area contributed by atoms with Crippen LogP contribution in [-0.4, -0.2) is 7.05 Å². The monoisotopic (exact) mass is 267 g/mol. The average Bonchev–Trinajstić information content (AvgIpc) is 2.86. The molecule has 1 heterocycles. The molecule has 19 heavy (non-hydrogen) atoms. The van der Waals surface area contributed by atoms with Crippen molar-refractivity contribution in [1.82, 2.24) is 5.32 Å². The summed E-state index contributed by atoms with van der Waals surface area (Å²) in [5, 5.41) is 6.08. The largest absolute Gasteiger partial charge is 0.309 e. The molecule has 3 aromatic rings. The fraction of sp³-hybridized carbons (Fsp3) is 0.176. The molecule has 1 atom stereocenters. The Morgan fingerprint density at radius 2 is 1.74 bits per heavy atom. The molecule has 0 bridgehead atoms. The SMILES string of the molecule is CNC(c1ccc(C)s1)c1cccc2ccccc12. The van der Waals surface area contributed by atoms with Crippen molar-refractivity contribution in [3.63, 3.8) is 0 Å². The second kappa shape index (κ2) is 5.16. The van der Waals surface area contributed by atoms with E-state index < -0.39 is 0 Å². The zero-order chi connectivity index (χ0) is 13.2. The van der Waals surface area contributed by atoms with Gasteiger partial charge in [-0.05, 0) is 42.4 Å². The van der Waals surface area contributed by atoms with E-state index in [9.17, 15) is 0 Å². The quantitative estimate of drug-likeness (QED) is 0.735. The van der Waals surface area contributed by atoms with E-state index >= 15 is 0 Å². The van der Waals surface area contributed by atoms with E-state index in [2.05, 4.69) is 66.8 Å². The number of benzene rings is 2. The van der Waals surface area contributed by atoms with Gasteiger partial charge in [-0.2, -0.15) is 0 Å². The Hall–Kier alpha value is -1.64. The van der Waals surface area contributed by atoms with E-state index in [1.165, 1.54) is 26.1 Å². The van der Waals surface area contributed by atoms with Crippen molar-refractivity contribution in [2.24, 2.45) is 0 Å². The molecule has 2 aromatic carbocycles. The Morgan fingerprint density at radius 3 is 2.47 bits per heavy atom. The minimum Gasteiger partial charge on any atom is -0.309 e. The molecule has 1 N–H and O–H groups in total. The summed E-state index contributed by atoms with van der Waals surface area (Å²) < 4.78 is 0. The van der Waals surface area contributed by atoms with Crippen molar-refractivity contribution < 1.29 is 0 Å². The first-order valence-electron chi connectivity index (χ1n) is 6.51. The van der Waals surface area contributed by atoms with Crippen LogP contribution in [0.2, 0.25) is 0 Å². The summed E-state index contributed by atoms with van der Waals surface area (Å²) in [6, 6.07) is 19.8. The lowest BCUT2D eigenvalue weighted by atomic mass is 9.98. The molecule has 1 aromatic heterocycles. The Balaban J connectivity index is 2.16. The van der Waals surface area contributed by atoms with E-state index in [0.717, 1.165) is 0 Å². The Kier molecular flexibility index (Phi) is 3.36. The summed E-state index contributed by atoms with van der Waals surface area (Å²) in [5.41, 5.74) is 1.35. The second-order valence-corrected chi connectivity index (χ2v) is 6.06. The van der Waals surface area contributed by atoms with E-state index in [4.69, 9.17) is 0 Å². The van der Waals surface area contributed by atoms with Crippen LogP contribution in [0, 0.1) is 6.92 Å². The van der Waals surface area contributed by atoms with Gasteiger partial charge in [0.25, 0.3) is 0 Å². The third-order valence-corrected chi connectivity index (χ3v) is 4.53. The van der Waals surface area contributed by atoms with E-state index in [0.29, 0.717) is 0 Å². The van der Waals surface area contributed by atoms with Gasteiger partial charge in [0.1, 0.15) is 0 Å². The molecule has 0 saturated heterocycles. The highest BCUT2D eigenvalue weighted by molar-refractivity contribution is 7.12. The molecule has 0 radical (unpaired) electrons. The summed E-state index contributed by atoms with van der Waals surface area (Å²) in [6.45, 7) is 2.16. The third kappa shape index (κ3) is 2.29. The van der Waals surface area contributed by atoms with Gasteiger partial charge in [-0.1, -0.05) is 42.5 Å². The van der Waals surface area contributed by atoms with Gasteiger partial charge in [0, 0.05) is 9.75 Å². The number of hydrogen-bond donors (Lipinski definition) is 1. The maximum atomic E-state index is 3.45. The molecule has 0 amide bonds. The highest BCUT2D eigenvalue weighted by atomic mass is 32.1. The minimum absolute atomic E-state index is 0.268. The van der Waals surface area contributed by atoms with E-state index in [-0.39, 0.29) is 6.04 Å². The third-order valence-electron chi connectivity index (χ3n) is 3.47. The minimum atomic E-state index is 0.268. The molecule has 96 valence electrons. The molecule has 0 saturated carbocycles. The number of thiophene rings is 1. The highest BCUT2D eigenvalue weighted by Crippen LogP contribution is 2.32. The van der Waals surface area contributed by atoms with E-state index in [1.54, 1.807) is 0 Å². The van der Waals surface area contributed by atoms with Gasteiger partial charge in [0.15, 0.2) is 0 Å². The lowest BCUT2D eigenvalue weighted by Gasteiger charge is -2.17. The maximum Gasteiger partial charge on any atom is 0.0674 e. The van der Waals surface area contributed by atoms with Crippen molar-refractivity contribution in [1.29, 1.82) is 0 Å². The van der Waals surface area contributed by atoms with Crippen molar-refractivity contribution in [2.75, 3.05) is 7.05 Å². The molecular weight excluding hydrogens is 250 g/mol. The molecule has 0 aliphatic carbocycles. The number of fused-ring (bicyclic) bond motifs is 1. The van der Waals surface area contributed by atoms with Crippen LogP contribution in [0.15, 0.2) is 54.6 Å². The summed E-state index contributed by atoms with van der Waals surface area (Å²) in [4.78, 5) is 2.73. The van der Waals surface area contributed by atoms with Gasteiger partial charge in [0.05, 0.1) is 6.04 Å². The van der Waals surface area contributed by atoms with Crippen molar-refractivity contribution >= 4 is 22.1 Å². The topological polar surface area (TPSA) is 12.0 Å². The summed E-state index contributed by atoms with van der Waals surface area (Å²) in [6.07, 6.45) is 0. The smallest absolute Gasteiger partial charge is 0.0674 e. The molecule has 1 unspecified atom stereocenters. The summed E-state index contributed by atoms with van der Waals surface area (Å²) in [7, 11) is 2.03. The van der Waals surface area contributed by atoms with Gasteiger partial charge in [-0.3, -0.25) is 0 Å². The molecule has 0 aliphatic heterocycles. The molecule has 0 fully saturated rings. The number of hydrogen-bond acceptors (Lipinski definition) is 2. The molecule has 2 heteroatoms. The van der Waals surface area contributed by atoms with Gasteiger partial charge >= 0.3 is 0 Å². The van der Waals surface area contributed by atoms with Crippen LogP contribution in [0.1, 0.15) is 21.4 Å². The number of aryl methyl sites for hydroxylation is 1. The zero-order valence-electron chi connectivity index (χ0n) is 11.2. The lowest BCUT2D eigenvalue weighted by Crippen LogP contribution is -2.16. The predicted molar refractivity (Wildman–Crippen MR) is 83.9 cm³/mol. The standard InChI is InChI=1S/C17H17NS/c1-12-10-11-16(19-12)17(18-2)15-9-5-7-13-6-3-4-8-14(13)15/h3-11,17-18H,1-2H3. The van der Waals surface area contributed by atoms with Crippen molar-refractivity contribution in [2.45, 2.75) is 13.0 Å². The Bertz CT molecular complexity index is 694. The van der Waals surface area contributed by atoms with Crippen LogP contribution in [0.4, 0.5) is 0 Å². The summed E-state index contributed by atoms with van der Waals surface area (Å²) in [5.74, 6) is 0. The van der Waals surface area contributed by atoms with Crippen molar-refractivity contribution in [3.8, 4) is 0 Å². The van der Waals surface area contributed by atoms with Gasteiger partial charge in [-0.15, -0.1) is 11.3 Å². The van der Waals surface area contributed by atoms with Crippen LogP contribution >= 0.6 is 11.3 Å². The van der Waals surface area contributed by atoms with Gasteiger partial charge in [-0.25, -0.2) is 0 Å². The fourth-order valence-corrected chi connectivity index (χ4v) is 3.57. The van der Waals surface area contributed by atoms with Crippen molar-refractivity contribution in [3.05, 3.63) is 69.9 Å². The first-order chi connectivity index (χ1) is 9.29. The fourth-order valence-electron chi connectivity index (χ4n) is 2.56. The number of rotatable bonds is 3. The van der Waals surface area contributed by atoms with Crippen LogP contribution in [0.3, 0.4) is 0 Å². The second-order valence-electron chi connectivity index (χ2n) is 4.74. The molecule has 0 spiro atoms. The maximum absolute atomic E-state index is 3.45. The zero-order valence-corrected chi connectivity index (χ0v) is 12.0. The number of nitrogens with one attached hydrogen (secondary N) is 1. The Morgan fingerprint density at radius 1 is 0.947 bits per heavy atom. The normalized spacial score (nSPS) is 12.7. The van der Waals surface area contributed by atoms with Crippen LogP contribution < -0.4 is 5.32 Å². The molecule has 0 aliphatic rings. The molecule has 3 rings (SSSR count). The summed E-state index contributed by atoms with van der Waals surface area (Å²) >= 11 is 1.86. The lowest BCUT2D eigenvalue weighted by molar-refractivity contribution is 0.709. The first-order valence-corrected chi connectivity index (χ1v) is 7.32. The first kappa shape index (κ1) is 12.4. The molecule has 1 nitrogen and oxygen atoms in total. The van der Waals surface area contributed by atoms with Gasteiger partial charge in [0.2, 0.25) is 0 Å². The predicted octanol–water partition coefficient (Wildman–Crippen LogP) is 4.52. The van der Waals surface area contributed by atoms with Gasteiger partial charge < -0.3 is 5.32 Å². The molecular formula is C17H17NS.